The van der Waals surface area contributed by atoms with E-state index in [0.29, 0.717) is 5.75 Å². The topological polar surface area (TPSA) is 46.5 Å². The first-order chi connectivity index (χ1) is 9.95. The maximum absolute atomic E-state index is 12.2. The third-order valence-corrected chi connectivity index (χ3v) is 3.73. The number of carbonyl (C=O) groups excluding carboxylic acids is 1. The molecule has 0 fully saturated rings. The van der Waals surface area contributed by atoms with E-state index in [1.807, 2.05) is 32.9 Å². The van der Waals surface area contributed by atoms with Gasteiger partial charge in [0.05, 0.1) is 11.7 Å². The summed E-state index contributed by atoms with van der Waals surface area (Å²) in [4.78, 5) is 14.4. The summed E-state index contributed by atoms with van der Waals surface area (Å²) in [6.07, 6.45) is 3.25. The fourth-order valence-electron chi connectivity index (χ4n) is 1.85. The number of aryl methyl sites for hydroxylation is 1. The fraction of sp³-hybridized carbons (Fsp3) is 0.235. The maximum Gasteiger partial charge on any atom is 0.189 e. The number of hydrogen-bond acceptors (Lipinski definition) is 4. The first kappa shape index (κ1) is 15.3. The lowest BCUT2D eigenvalue weighted by Gasteiger charge is -2.11. The number of ether oxygens (including phenoxy) is 1. The molecule has 4 heteroatoms. The van der Waals surface area contributed by atoms with E-state index >= 15 is 0 Å². The Hall–Kier alpha value is -2.07. The minimum Gasteiger partial charge on any atom is -0.507 e. The molecular formula is C17H18O3S. The highest BCUT2D eigenvalue weighted by molar-refractivity contribution is 7.12. The van der Waals surface area contributed by atoms with Gasteiger partial charge in [0.15, 0.2) is 5.78 Å². The van der Waals surface area contributed by atoms with E-state index in [4.69, 9.17) is 4.74 Å². The summed E-state index contributed by atoms with van der Waals surface area (Å²) in [6.45, 7) is 5.84. The predicted molar refractivity (Wildman–Crippen MR) is 86.3 cm³/mol. The Morgan fingerprint density at radius 2 is 2.05 bits per heavy atom. The van der Waals surface area contributed by atoms with Crippen molar-refractivity contribution in [3.05, 3.63) is 51.7 Å². The van der Waals surface area contributed by atoms with Crippen LogP contribution in [-0.4, -0.2) is 17.0 Å². The molecular weight excluding hydrogens is 284 g/mol. The van der Waals surface area contributed by atoms with Crippen molar-refractivity contribution >= 4 is 23.2 Å². The van der Waals surface area contributed by atoms with Crippen molar-refractivity contribution in [2.24, 2.45) is 0 Å². The molecule has 2 rings (SSSR count). The number of thiophene rings is 1. The molecule has 0 radical (unpaired) electrons. The second-order valence-corrected chi connectivity index (χ2v) is 6.31. The SMILES string of the molecule is Cc1ccc(/C=C/C(=O)c2cc(OC(C)C)ccc2O)s1. The van der Waals surface area contributed by atoms with Crippen LogP contribution in [0, 0.1) is 6.92 Å². The van der Waals surface area contributed by atoms with Gasteiger partial charge in [-0.2, -0.15) is 0 Å². The standard InChI is InChI=1S/C17H18O3S/c1-11(2)20-13-5-8-16(18)15(10-13)17(19)9-7-14-6-4-12(3)21-14/h4-11,18H,1-3H3/b9-7+. The van der Waals surface area contributed by atoms with Crippen LogP contribution in [-0.2, 0) is 0 Å². The molecule has 3 nitrogen and oxygen atoms in total. The Bertz CT molecular complexity index is 668. The molecule has 1 aromatic heterocycles. The lowest BCUT2D eigenvalue weighted by atomic mass is 10.1. The molecule has 21 heavy (non-hydrogen) atoms. The Labute approximate surface area is 128 Å². The maximum atomic E-state index is 12.2. The molecule has 0 bridgehead atoms. The van der Waals surface area contributed by atoms with Crippen LogP contribution in [0.1, 0.15) is 34.0 Å². The van der Waals surface area contributed by atoms with Crippen LogP contribution in [0.5, 0.6) is 11.5 Å². The molecule has 0 saturated carbocycles. The first-order valence-corrected chi connectivity index (χ1v) is 7.56. The monoisotopic (exact) mass is 302 g/mol. The fourth-order valence-corrected chi connectivity index (χ4v) is 2.63. The van der Waals surface area contributed by atoms with Gasteiger partial charge in [0, 0.05) is 9.75 Å². The summed E-state index contributed by atoms with van der Waals surface area (Å²) >= 11 is 1.61. The molecule has 0 aliphatic rings. The Balaban J connectivity index is 2.20. The summed E-state index contributed by atoms with van der Waals surface area (Å²) in [6, 6.07) is 8.67. The van der Waals surface area contributed by atoms with E-state index in [1.54, 1.807) is 29.5 Å². The lowest BCUT2D eigenvalue weighted by Crippen LogP contribution is -2.06. The van der Waals surface area contributed by atoms with Crippen molar-refractivity contribution < 1.29 is 14.6 Å². The highest BCUT2D eigenvalue weighted by Crippen LogP contribution is 2.25. The molecule has 0 unspecified atom stereocenters. The summed E-state index contributed by atoms with van der Waals surface area (Å²) in [5.74, 6) is 0.294. The van der Waals surface area contributed by atoms with E-state index in [-0.39, 0.29) is 23.2 Å². The zero-order valence-corrected chi connectivity index (χ0v) is 13.1. The zero-order valence-electron chi connectivity index (χ0n) is 12.3. The largest absolute Gasteiger partial charge is 0.507 e. The van der Waals surface area contributed by atoms with E-state index < -0.39 is 0 Å². The number of benzene rings is 1. The van der Waals surface area contributed by atoms with Gasteiger partial charge in [-0.15, -0.1) is 11.3 Å². The van der Waals surface area contributed by atoms with Crippen molar-refractivity contribution in [2.45, 2.75) is 26.9 Å². The van der Waals surface area contributed by atoms with Crippen molar-refractivity contribution in [3.63, 3.8) is 0 Å². The second kappa shape index (κ2) is 6.59. The van der Waals surface area contributed by atoms with Gasteiger partial charge in [-0.1, -0.05) is 0 Å². The molecule has 2 aromatic rings. The van der Waals surface area contributed by atoms with Gasteiger partial charge >= 0.3 is 0 Å². The van der Waals surface area contributed by atoms with Crippen LogP contribution in [0.3, 0.4) is 0 Å². The van der Waals surface area contributed by atoms with Crippen LogP contribution in [0.4, 0.5) is 0 Å². The minimum absolute atomic E-state index is 0.0159. The summed E-state index contributed by atoms with van der Waals surface area (Å²) < 4.78 is 5.54. The van der Waals surface area contributed by atoms with Gasteiger partial charge in [-0.25, -0.2) is 0 Å². The Morgan fingerprint density at radius 3 is 2.67 bits per heavy atom. The van der Waals surface area contributed by atoms with Crippen LogP contribution < -0.4 is 4.74 Å². The summed E-state index contributed by atoms with van der Waals surface area (Å²) in [5.41, 5.74) is 0.248. The van der Waals surface area contributed by atoms with Gasteiger partial charge in [-0.3, -0.25) is 4.79 Å². The zero-order chi connectivity index (χ0) is 15.4. The predicted octanol–water partition coefficient (Wildman–Crippen LogP) is 4.45. The highest BCUT2D eigenvalue weighted by atomic mass is 32.1. The highest BCUT2D eigenvalue weighted by Gasteiger charge is 2.10. The Morgan fingerprint density at radius 1 is 1.29 bits per heavy atom. The van der Waals surface area contributed by atoms with Crippen molar-refractivity contribution in [2.75, 3.05) is 0 Å². The van der Waals surface area contributed by atoms with E-state index in [1.165, 1.54) is 17.0 Å². The van der Waals surface area contributed by atoms with Gasteiger partial charge in [0.1, 0.15) is 11.5 Å². The molecule has 0 aliphatic heterocycles. The lowest BCUT2D eigenvalue weighted by molar-refractivity contribution is 0.104. The molecule has 0 saturated heterocycles. The third-order valence-electron chi connectivity index (χ3n) is 2.77. The molecule has 110 valence electrons. The average molecular weight is 302 g/mol. The van der Waals surface area contributed by atoms with E-state index in [0.717, 1.165) is 4.88 Å². The number of carbonyl (C=O) groups is 1. The van der Waals surface area contributed by atoms with E-state index in [9.17, 15) is 9.90 Å². The van der Waals surface area contributed by atoms with Crippen molar-refractivity contribution in [3.8, 4) is 11.5 Å². The van der Waals surface area contributed by atoms with Gasteiger partial charge in [-0.05, 0) is 63.3 Å². The number of phenols is 1. The molecule has 0 amide bonds. The number of phenolic OH excluding ortho intramolecular Hbond substituents is 1. The van der Waals surface area contributed by atoms with Crippen LogP contribution >= 0.6 is 11.3 Å². The molecule has 0 aliphatic carbocycles. The number of aromatic hydroxyl groups is 1. The molecule has 1 N–H and O–H groups in total. The molecule has 0 atom stereocenters. The normalized spacial score (nSPS) is 11.2. The van der Waals surface area contributed by atoms with E-state index in [2.05, 4.69) is 0 Å². The molecule has 0 spiro atoms. The minimum atomic E-state index is -0.243. The smallest absolute Gasteiger partial charge is 0.189 e. The third kappa shape index (κ3) is 4.20. The molecule has 1 aromatic carbocycles. The Kier molecular flexibility index (Phi) is 4.81. The van der Waals surface area contributed by atoms with Crippen LogP contribution in [0.15, 0.2) is 36.4 Å². The number of allylic oxidation sites excluding steroid dienone is 1. The quantitative estimate of drug-likeness (QED) is 0.656. The first-order valence-electron chi connectivity index (χ1n) is 6.74. The number of hydrogen-bond donors (Lipinski definition) is 1. The van der Waals surface area contributed by atoms with Crippen LogP contribution in [0.25, 0.3) is 6.08 Å². The summed E-state index contributed by atoms with van der Waals surface area (Å²) in [7, 11) is 0. The van der Waals surface area contributed by atoms with Crippen LogP contribution in [0.2, 0.25) is 0 Å². The van der Waals surface area contributed by atoms with Crippen molar-refractivity contribution in [1.29, 1.82) is 0 Å². The van der Waals surface area contributed by atoms with Gasteiger partial charge < -0.3 is 9.84 Å². The average Bonchev–Trinajstić information content (AvgIpc) is 2.83. The number of rotatable bonds is 5. The van der Waals surface area contributed by atoms with Gasteiger partial charge in [0.25, 0.3) is 0 Å². The van der Waals surface area contributed by atoms with Gasteiger partial charge in [0.2, 0.25) is 0 Å². The molecule has 1 heterocycles. The van der Waals surface area contributed by atoms with Crippen molar-refractivity contribution in [1.82, 2.24) is 0 Å². The second-order valence-electron chi connectivity index (χ2n) is 4.99. The number of ketones is 1. The summed E-state index contributed by atoms with van der Waals surface area (Å²) in [5, 5.41) is 9.83.